The standard InChI is InChI=1S/C9H13NOS/c1-9(2,3)12-8-6-4-5-7(11)10-8/h4-6H,1-3H3,(H,10,11). The molecule has 0 aliphatic carbocycles. The fourth-order valence-corrected chi connectivity index (χ4v) is 1.78. The second kappa shape index (κ2) is 3.35. The van der Waals surface area contributed by atoms with Crippen molar-refractivity contribution in [3.8, 4) is 0 Å². The average molecular weight is 183 g/mol. The number of pyridine rings is 1. The second-order valence-corrected chi connectivity index (χ2v) is 5.46. The van der Waals surface area contributed by atoms with Crippen LogP contribution < -0.4 is 5.56 Å². The van der Waals surface area contributed by atoms with Crippen LogP contribution in [0.3, 0.4) is 0 Å². The fourth-order valence-electron chi connectivity index (χ4n) is 0.817. The van der Waals surface area contributed by atoms with Crippen molar-refractivity contribution >= 4 is 11.8 Å². The van der Waals surface area contributed by atoms with Gasteiger partial charge in [-0.2, -0.15) is 0 Å². The first-order valence-electron chi connectivity index (χ1n) is 3.86. The van der Waals surface area contributed by atoms with E-state index in [4.69, 9.17) is 0 Å². The number of hydrogen-bond donors (Lipinski definition) is 1. The van der Waals surface area contributed by atoms with Crippen molar-refractivity contribution in [1.82, 2.24) is 4.98 Å². The van der Waals surface area contributed by atoms with Gasteiger partial charge in [0.25, 0.3) is 0 Å². The van der Waals surface area contributed by atoms with Crippen molar-refractivity contribution in [2.24, 2.45) is 0 Å². The summed E-state index contributed by atoms with van der Waals surface area (Å²) in [5.74, 6) is 0. The van der Waals surface area contributed by atoms with Crippen molar-refractivity contribution in [1.29, 1.82) is 0 Å². The van der Waals surface area contributed by atoms with E-state index in [0.717, 1.165) is 5.03 Å². The molecule has 66 valence electrons. The molecule has 0 saturated carbocycles. The van der Waals surface area contributed by atoms with Crippen LogP contribution in [-0.4, -0.2) is 9.73 Å². The third kappa shape index (κ3) is 3.13. The predicted octanol–water partition coefficient (Wildman–Crippen LogP) is 2.27. The summed E-state index contributed by atoms with van der Waals surface area (Å²) in [5, 5.41) is 0.926. The number of rotatable bonds is 1. The highest BCUT2D eigenvalue weighted by Crippen LogP contribution is 2.29. The Balaban J connectivity index is 2.84. The van der Waals surface area contributed by atoms with Gasteiger partial charge in [-0.15, -0.1) is 11.8 Å². The molecule has 3 heteroatoms. The van der Waals surface area contributed by atoms with E-state index in [1.165, 1.54) is 6.07 Å². The highest BCUT2D eigenvalue weighted by Gasteiger charge is 2.11. The zero-order chi connectivity index (χ0) is 9.19. The molecule has 0 amide bonds. The molecule has 12 heavy (non-hydrogen) atoms. The Hall–Kier alpha value is -0.700. The summed E-state index contributed by atoms with van der Waals surface area (Å²) in [6.45, 7) is 6.34. The molecule has 1 N–H and O–H groups in total. The largest absolute Gasteiger partial charge is 0.317 e. The van der Waals surface area contributed by atoms with Crippen molar-refractivity contribution in [3.63, 3.8) is 0 Å². The van der Waals surface area contributed by atoms with Crippen LogP contribution in [0.15, 0.2) is 28.0 Å². The van der Waals surface area contributed by atoms with Crippen LogP contribution in [0.5, 0.6) is 0 Å². The van der Waals surface area contributed by atoms with Crippen LogP contribution in [0.2, 0.25) is 0 Å². The van der Waals surface area contributed by atoms with Gasteiger partial charge in [0.15, 0.2) is 0 Å². The fraction of sp³-hybridized carbons (Fsp3) is 0.444. The number of H-pyrrole nitrogens is 1. The van der Waals surface area contributed by atoms with Crippen molar-refractivity contribution in [2.75, 3.05) is 0 Å². The number of nitrogens with one attached hydrogen (secondary N) is 1. The van der Waals surface area contributed by atoms with E-state index in [0.29, 0.717) is 0 Å². The van der Waals surface area contributed by atoms with Gasteiger partial charge in [-0.25, -0.2) is 0 Å². The van der Waals surface area contributed by atoms with E-state index in [9.17, 15) is 4.79 Å². The lowest BCUT2D eigenvalue weighted by Crippen LogP contribution is -2.10. The third-order valence-electron chi connectivity index (χ3n) is 1.16. The second-order valence-electron chi connectivity index (χ2n) is 3.59. The molecule has 0 radical (unpaired) electrons. The first-order valence-corrected chi connectivity index (χ1v) is 4.67. The molecule has 0 aliphatic heterocycles. The van der Waals surface area contributed by atoms with Gasteiger partial charge < -0.3 is 4.98 Å². The molecule has 0 bridgehead atoms. The molecule has 1 heterocycles. The summed E-state index contributed by atoms with van der Waals surface area (Å²) in [6, 6.07) is 5.21. The molecule has 0 fully saturated rings. The minimum Gasteiger partial charge on any atom is -0.317 e. The molecule has 0 spiro atoms. The van der Waals surface area contributed by atoms with E-state index in [1.54, 1.807) is 17.8 Å². The molecule has 0 aromatic carbocycles. The molecular formula is C9H13NOS. The maximum atomic E-state index is 10.9. The first kappa shape index (κ1) is 9.39. The van der Waals surface area contributed by atoms with Gasteiger partial charge in [-0.05, 0) is 6.07 Å². The number of aromatic nitrogens is 1. The summed E-state index contributed by atoms with van der Waals surface area (Å²) in [4.78, 5) is 13.7. The molecular weight excluding hydrogens is 170 g/mol. The predicted molar refractivity (Wildman–Crippen MR) is 52.7 cm³/mol. The molecule has 0 saturated heterocycles. The smallest absolute Gasteiger partial charge is 0.248 e. The Morgan fingerprint density at radius 3 is 2.50 bits per heavy atom. The van der Waals surface area contributed by atoms with Crippen LogP contribution in [0.4, 0.5) is 0 Å². The van der Waals surface area contributed by atoms with Crippen LogP contribution in [0.25, 0.3) is 0 Å². The SMILES string of the molecule is CC(C)(C)Sc1cccc(=O)[nH]1. The van der Waals surface area contributed by atoms with Gasteiger partial charge in [0.1, 0.15) is 0 Å². The topological polar surface area (TPSA) is 32.9 Å². The molecule has 1 rings (SSSR count). The molecule has 0 atom stereocenters. The Kier molecular flexibility index (Phi) is 2.62. The van der Waals surface area contributed by atoms with Crippen LogP contribution in [0.1, 0.15) is 20.8 Å². The maximum Gasteiger partial charge on any atom is 0.248 e. The van der Waals surface area contributed by atoms with Gasteiger partial charge in [-0.3, -0.25) is 4.79 Å². The highest BCUT2D eigenvalue weighted by molar-refractivity contribution is 8.00. The van der Waals surface area contributed by atoms with E-state index in [1.807, 2.05) is 6.07 Å². The van der Waals surface area contributed by atoms with Gasteiger partial charge in [0.05, 0.1) is 5.03 Å². The minimum atomic E-state index is -0.0377. The van der Waals surface area contributed by atoms with E-state index in [-0.39, 0.29) is 10.3 Å². The lowest BCUT2D eigenvalue weighted by atomic mass is 10.3. The average Bonchev–Trinajstić information content (AvgIpc) is 1.82. The number of aromatic amines is 1. The molecule has 1 aromatic rings. The van der Waals surface area contributed by atoms with Crippen LogP contribution in [-0.2, 0) is 0 Å². The molecule has 0 aliphatic rings. The lowest BCUT2D eigenvalue weighted by molar-refractivity contribution is 0.798. The maximum absolute atomic E-state index is 10.9. The Bertz CT molecular complexity index is 311. The molecule has 1 aromatic heterocycles. The summed E-state index contributed by atoms with van der Waals surface area (Å²) in [5.41, 5.74) is -0.0377. The van der Waals surface area contributed by atoms with Gasteiger partial charge in [0.2, 0.25) is 5.56 Å². The van der Waals surface area contributed by atoms with Crippen molar-refractivity contribution in [3.05, 3.63) is 28.6 Å². The Labute approximate surface area is 76.4 Å². The number of thioether (sulfide) groups is 1. The van der Waals surface area contributed by atoms with E-state index < -0.39 is 0 Å². The Morgan fingerprint density at radius 2 is 2.00 bits per heavy atom. The van der Waals surface area contributed by atoms with Crippen molar-refractivity contribution < 1.29 is 0 Å². The zero-order valence-corrected chi connectivity index (χ0v) is 8.37. The minimum absolute atomic E-state index is 0.0377. The van der Waals surface area contributed by atoms with Gasteiger partial charge >= 0.3 is 0 Å². The quantitative estimate of drug-likeness (QED) is 0.677. The van der Waals surface area contributed by atoms with Crippen LogP contribution >= 0.6 is 11.8 Å². The Morgan fingerprint density at radius 1 is 1.33 bits per heavy atom. The number of hydrogen-bond acceptors (Lipinski definition) is 2. The van der Waals surface area contributed by atoms with Crippen molar-refractivity contribution in [2.45, 2.75) is 30.5 Å². The monoisotopic (exact) mass is 183 g/mol. The van der Waals surface area contributed by atoms with Gasteiger partial charge in [-0.1, -0.05) is 26.8 Å². The summed E-state index contributed by atoms with van der Waals surface area (Å²) >= 11 is 1.66. The van der Waals surface area contributed by atoms with Crippen LogP contribution in [0, 0.1) is 0 Å². The summed E-state index contributed by atoms with van der Waals surface area (Å²) in [7, 11) is 0. The zero-order valence-electron chi connectivity index (χ0n) is 7.55. The van der Waals surface area contributed by atoms with Gasteiger partial charge in [0, 0.05) is 10.8 Å². The molecule has 0 unspecified atom stereocenters. The highest BCUT2D eigenvalue weighted by atomic mass is 32.2. The summed E-state index contributed by atoms with van der Waals surface area (Å²) in [6.07, 6.45) is 0. The first-order chi connectivity index (χ1) is 5.47. The normalized spacial score (nSPS) is 11.6. The van der Waals surface area contributed by atoms with E-state index >= 15 is 0 Å². The third-order valence-corrected chi connectivity index (χ3v) is 2.23. The van der Waals surface area contributed by atoms with E-state index in [2.05, 4.69) is 25.8 Å². The summed E-state index contributed by atoms with van der Waals surface area (Å²) < 4.78 is 0.143. The lowest BCUT2D eigenvalue weighted by Gasteiger charge is -2.16. The molecule has 2 nitrogen and oxygen atoms in total.